The van der Waals surface area contributed by atoms with E-state index in [4.69, 9.17) is 10.5 Å². The van der Waals surface area contributed by atoms with Gasteiger partial charge in [0.2, 0.25) is 0 Å². The number of carbonyl (C=O) groups is 1. The number of para-hydroxylation sites is 1. The van der Waals surface area contributed by atoms with Gasteiger partial charge in [0.05, 0.1) is 12.2 Å². The molecule has 0 spiro atoms. The van der Waals surface area contributed by atoms with Gasteiger partial charge >= 0.3 is 0 Å². The summed E-state index contributed by atoms with van der Waals surface area (Å²) in [7, 11) is 0. The summed E-state index contributed by atoms with van der Waals surface area (Å²) >= 11 is 0. The molecule has 21 heavy (non-hydrogen) atoms. The Morgan fingerprint density at radius 1 is 1.24 bits per heavy atom. The van der Waals surface area contributed by atoms with Crippen LogP contribution in [0, 0.1) is 5.82 Å². The van der Waals surface area contributed by atoms with Gasteiger partial charge in [0.25, 0.3) is 5.91 Å². The van der Waals surface area contributed by atoms with Crippen molar-refractivity contribution in [1.82, 2.24) is 4.90 Å². The molecule has 2 aromatic rings. The van der Waals surface area contributed by atoms with E-state index in [9.17, 15) is 9.18 Å². The van der Waals surface area contributed by atoms with Crippen LogP contribution in [0.5, 0.6) is 5.75 Å². The molecule has 0 fully saturated rings. The Kier molecular flexibility index (Phi) is 3.48. The quantitative estimate of drug-likeness (QED) is 0.819. The summed E-state index contributed by atoms with van der Waals surface area (Å²) in [6.07, 6.45) is 0. The number of fused-ring (bicyclic) bond motifs is 1. The van der Waals surface area contributed by atoms with Crippen LogP contribution in [-0.4, -0.2) is 24.0 Å². The third kappa shape index (κ3) is 2.67. The molecular weight excluding hydrogens is 271 g/mol. The standard InChI is InChI=1S/C16H15FN2O2/c17-13-9-11(5-6-14(13)18)16(20)19-7-8-21-15-4-2-1-3-12(15)10-19/h1-6,9H,7-8,10,18H2. The molecule has 4 nitrogen and oxygen atoms in total. The molecule has 1 heterocycles. The lowest BCUT2D eigenvalue weighted by Crippen LogP contribution is -2.32. The number of nitrogen functional groups attached to an aromatic ring is 1. The predicted molar refractivity (Wildman–Crippen MR) is 77.5 cm³/mol. The predicted octanol–water partition coefficient (Wildman–Crippen LogP) is 2.44. The summed E-state index contributed by atoms with van der Waals surface area (Å²) in [5.74, 6) is -0.0159. The van der Waals surface area contributed by atoms with Crippen LogP contribution >= 0.6 is 0 Å². The van der Waals surface area contributed by atoms with Crippen LogP contribution in [0.1, 0.15) is 15.9 Å². The van der Waals surface area contributed by atoms with Crippen LogP contribution < -0.4 is 10.5 Å². The number of anilines is 1. The second kappa shape index (κ2) is 5.44. The molecule has 0 atom stereocenters. The highest BCUT2D eigenvalue weighted by molar-refractivity contribution is 5.94. The molecule has 108 valence electrons. The number of amides is 1. The number of ether oxygens (including phenoxy) is 1. The number of halogens is 1. The summed E-state index contributed by atoms with van der Waals surface area (Å²) in [4.78, 5) is 14.1. The number of rotatable bonds is 1. The summed E-state index contributed by atoms with van der Waals surface area (Å²) in [5, 5.41) is 0. The summed E-state index contributed by atoms with van der Waals surface area (Å²) in [5.41, 5.74) is 6.71. The highest BCUT2D eigenvalue weighted by atomic mass is 19.1. The number of carbonyl (C=O) groups excluding carboxylic acids is 1. The van der Waals surface area contributed by atoms with E-state index in [1.54, 1.807) is 11.0 Å². The second-order valence-corrected chi connectivity index (χ2v) is 4.92. The van der Waals surface area contributed by atoms with E-state index in [0.29, 0.717) is 25.3 Å². The zero-order chi connectivity index (χ0) is 14.8. The van der Waals surface area contributed by atoms with E-state index in [1.165, 1.54) is 12.1 Å². The van der Waals surface area contributed by atoms with E-state index in [2.05, 4.69) is 0 Å². The van der Waals surface area contributed by atoms with Crippen molar-refractivity contribution in [3.8, 4) is 5.75 Å². The van der Waals surface area contributed by atoms with Gasteiger partial charge in [0, 0.05) is 17.7 Å². The van der Waals surface area contributed by atoms with Crippen molar-refractivity contribution in [2.75, 3.05) is 18.9 Å². The van der Waals surface area contributed by atoms with Crippen LogP contribution in [0.15, 0.2) is 42.5 Å². The van der Waals surface area contributed by atoms with Gasteiger partial charge < -0.3 is 15.4 Å². The first-order valence-electron chi connectivity index (χ1n) is 6.70. The molecule has 0 saturated carbocycles. The molecule has 0 saturated heterocycles. The first-order chi connectivity index (χ1) is 10.1. The summed E-state index contributed by atoms with van der Waals surface area (Å²) in [6.45, 7) is 1.32. The van der Waals surface area contributed by atoms with Gasteiger partial charge in [-0.3, -0.25) is 4.79 Å². The van der Waals surface area contributed by atoms with E-state index in [-0.39, 0.29) is 11.6 Å². The maximum absolute atomic E-state index is 13.5. The molecular formula is C16H15FN2O2. The molecule has 0 unspecified atom stereocenters. The first kappa shape index (κ1) is 13.4. The molecule has 0 bridgehead atoms. The fourth-order valence-corrected chi connectivity index (χ4v) is 2.34. The molecule has 1 amide bonds. The van der Waals surface area contributed by atoms with Gasteiger partial charge in [-0.15, -0.1) is 0 Å². The molecule has 3 rings (SSSR count). The lowest BCUT2D eigenvalue weighted by Gasteiger charge is -2.20. The zero-order valence-electron chi connectivity index (χ0n) is 11.4. The minimum atomic E-state index is -0.577. The third-order valence-corrected chi connectivity index (χ3v) is 3.49. The number of nitrogens with zero attached hydrogens (tertiary/aromatic N) is 1. The van der Waals surface area contributed by atoms with Crippen molar-refractivity contribution >= 4 is 11.6 Å². The Morgan fingerprint density at radius 2 is 2.05 bits per heavy atom. The minimum absolute atomic E-state index is 0.0381. The molecule has 0 radical (unpaired) electrons. The van der Waals surface area contributed by atoms with Crippen molar-refractivity contribution in [3.05, 3.63) is 59.4 Å². The lowest BCUT2D eigenvalue weighted by atomic mass is 10.1. The Morgan fingerprint density at radius 3 is 2.86 bits per heavy atom. The van der Waals surface area contributed by atoms with Gasteiger partial charge in [0.1, 0.15) is 18.2 Å². The van der Waals surface area contributed by atoms with Gasteiger partial charge in [-0.2, -0.15) is 0 Å². The van der Waals surface area contributed by atoms with Gasteiger partial charge in [-0.25, -0.2) is 4.39 Å². The molecule has 5 heteroatoms. The van der Waals surface area contributed by atoms with Crippen LogP contribution in [-0.2, 0) is 6.54 Å². The monoisotopic (exact) mass is 286 g/mol. The number of hydrogen-bond acceptors (Lipinski definition) is 3. The van der Waals surface area contributed by atoms with Crippen LogP contribution in [0.3, 0.4) is 0 Å². The van der Waals surface area contributed by atoms with E-state index < -0.39 is 5.82 Å². The minimum Gasteiger partial charge on any atom is -0.491 e. The van der Waals surface area contributed by atoms with Gasteiger partial charge in [0.15, 0.2) is 0 Å². The highest BCUT2D eigenvalue weighted by Gasteiger charge is 2.21. The van der Waals surface area contributed by atoms with Crippen LogP contribution in [0.25, 0.3) is 0 Å². The number of benzene rings is 2. The van der Waals surface area contributed by atoms with Crippen molar-refractivity contribution in [3.63, 3.8) is 0 Å². The number of hydrogen-bond donors (Lipinski definition) is 1. The Labute approximate surface area is 121 Å². The van der Waals surface area contributed by atoms with E-state index in [0.717, 1.165) is 11.3 Å². The topological polar surface area (TPSA) is 55.6 Å². The fourth-order valence-electron chi connectivity index (χ4n) is 2.34. The average molecular weight is 286 g/mol. The van der Waals surface area contributed by atoms with E-state index in [1.807, 2.05) is 24.3 Å². The summed E-state index contributed by atoms with van der Waals surface area (Å²) in [6, 6.07) is 11.7. The zero-order valence-corrected chi connectivity index (χ0v) is 11.4. The molecule has 0 aromatic heterocycles. The van der Waals surface area contributed by atoms with Gasteiger partial charge in [-0.1, -0.05) is 18.2 Å². The molecule has 2 aromatic carbocycles. The van der Waals surface area contributed by atoms with Gasteiger partial charge in [-0.05, 0) is 24.3 Å². The highest BCUT2D eigenvalue weighted by Crippen LogP contribution is 2.23. The van der Waals surface area contributed by atoms with Crippen molar-refractivity contribution in [1.29, 1.82) is 0 Å². The third-order valence-electron chi connectivity index (χ3n) is 3.49. The van der Waals surface area contributed by atoms with Crippen LogP contribution in [0.2, 0.25) is 0 Å². The van der Waals surface area contributed by atoms with Crippen molar-refractivity contribution < 1.29 is 13.9 Å². The maximum Gasteiger partial charge on any atom is 0.254 e. The van der Waals surface area contributed by atoms with Crippen molar-refractivity contribution in [2.24, 2.45) is 0 Å². The van der Waals surface area contributed by atoms with E-state index >= 15 is 0 Å². The Bertz CT molecular complexity index is 688. The average Bonchev–Trinajstić information content (AvgIpc) is 2.71. The lowest BCUT2D eigenvalue weighted by molar-refractivity contribution is 0.0733. The SMILES string of the molecule is Nc1ccc(C(=O)N2CCOc3ccccc3C2)cc1F. The molecule has 1 aliphatic heterocycles. The number of nitrogens with two attached hydrogens (primary N) is 1. The second-order valence-electron chi connectivity index (χ2n) is 4.92. The normalized spacial score (nSPS) is 14.0. The fraction of sp³-hybridized carbons (Fsp3) is 0.188. The Hall–Kier alpha value is -2.56. The largest absolute Gasteiger partial charge is 0.491 e. The maximum atomic E-state index is 13.5. The summed E-state index contributed by atoms with van der Waals surface area (Å²) < 4.78 is 19.1. The van der Waals surface area contributed by atoms with Crippen LogP contribution in [0.4, 0.5) is 10.1 Å². The van der Waals surface area contributed by atoms with Crippen molar-refractivity contribution in [2.45, 2.75) is 6.54 Å². The molecule has 1 aliphatic rings. The Balaban J connectivity index is 1.86. The first-order valence-corrected chi connectivity index (χ1v) is 6.70. The smallest absolute Gasteiger partial charge is 0.254 e. The molecule has 0 aliphatic carbocycles. The molecule has 2 N–H and O–H groups in total.